The molecule has 0 saturated carbocycles. The number of nitrogens with one attached hydrogen (secondary N) is 1. The van der Waals surface area contributed by atoms with Crippen molar-refractivity contribution in [2.75, 3.05) is 18.1 Å². The number of hydrogen-bond acceptors (Lipinski definition) is 5. The Morgan fingerprint density at radius 1 is 1.45 bits per heavy atom. The molecule has 1 aromatic rings. The van der Waals surface area contributed by atoms with Crippen molar-refractivity contribution in [3.8, 4) is 0 Å². The summed E-state index contributed by atoms with van der Waals surface area (Å²) in [5.41, 5.74) is 0.119. The summed E-state index contributed by atoms with van der Waals surface area (Å²) in [5.74, 6) is -0.173. The first kappa shape index (κ1) is 14.9. The van der Waals surface area contributed by atoms with Gasteiger partial charge in [-0.3, -0.25) is 10.1 Å². The summed E-state index contributed by atoms with van der Waals surface area (Å²) in [7, 11) is -2.93. The van der Waals surface area contributed by atoms with Crippen LogP contribution in [0.1, 0.15) is 12.0 Å². The highest BCUT2D eigenvalue weighted by Gasteiger charge is 2.27. The van der Waals surface area contributed by atoms with Crippen LogP contribution in [0, 0.1) is 21.8 Å². The molecule has 1 atom stereocenters. The molecule has 1 unspecified atom stereocenters. The molecule has 0 aromatic heterocycles. The maximum atomic E-state index is 13.1. The van der Waals surface area contributed by atoms with E-state index in [0.717, 1.165) is 18.2 Å². The van der Waals surface area contributed by atoms with E-state index in [4.69, 9.17) is 0 Å². The van der Waals surface area contributed by atoms with Crippen molar-refractivity contribution in [3.63, 3.8) is 0 Å². The molecule has 110 valence electrons. The molecule has 1 heterocycles. The zero-order chi connectivity index (χ0) is 14.8. The van der Waals surface area contributed by atoms with Crippen LogP contribution >= 0.6 is 0 Å². The number of hydrogen-bond donors (Lipinski definition) is 1. The number of rotatable bonds is 5. The standard InChI is InChI=1S/C12H15FN2O4S/c13-11-1-2-12(15(16)17)10(5-11)7-14-6-9-3-4-20(18,19)8-9/h1-2,5,9,14H,3-4,6-8H2. The molecular weight excluding hydrogens is 287 g/mol. The van der Waals surface area contributed by atoms with Crippen LogP contribution in [-0.4, -0.2) is 31.4 Å². The second-order valence-corrected chi connectivity index (χ2v) is 7.16. The van der Waals surface area contributed by atoms with Crippen molar-refractivity contribution in [3.05, 3.63) is 39.7 Å². The van der Waals surface area contributed by atoms with Gasteiger partial charge in [0.2, 0.25) is 0 Å². The van der Waals surface area contributed by atoms with Gasteiger partial charge in [-0.25, -0.2) is 12.8 Å². The van der Waals surface area contributed by atoms with E-state index in [1.165, 1.54) is 0 Å². The minimum Gasteiger partial charge on any atom is -0.312 e. The molecule has 2 rings (SSSR count). The Hall–Kier alpha value is -1.54. The fourth-order valence-corrected chi connectivity index (χ4v) is 4.18. The van der Waals surface area contributed by atoms with Gasteiger partial charge in [0.15, 0.2) is 9.84 Å². The predicted molar refractivity (Wildman–Crippen MR) is 71.5 cm³/mol. The maximum Gasteiger partial charge on any atom is 0.274 e. The van der Waals surface area contributed by atoms with Crippen LogP contribution in [-0.2, 0) is 16.4 Å². The highest BCUT2D eigenvalue weighted by Crippen LogP contribution is 2.20. The van der Waals surface area contributed by atoms with E-state index in [1.807, 2.05) is 0 Å². The van der Waals surface area contributed by atoms with E-state index in [-0.39, 0.29) is 35.2 Å². The molecule has 1 fully saturated rings. The van der Waals surface area contributed by atoms with Gasteiger partial charge in [-0.1, -0.05) is 0 Å². The van der Waals surface area contributed by atoms with Crippen molar-refractivity contribution in [2.24, 2.45) is 5.92 Å². The number of nitro benzene ring substituents is 1. The zero-order valence-electron chi connectivity index (χ0n) is 10.7. The summed E-state index contributed by atoms with van der Waals surface area (Å²) in [5, 5.41) is 13.8. The molecule has 0 bridgehead atoms. The average molecular weight is 302 g/mol. The minimum absolute atomic E-state index is 0.0209. The summed E-state index contributed by atoms with van der Waals surface area (Å²) < 4.78 is 35.7. The Morgan fingerprint density at radius 2 is 2.20 bits per heavy atom. The SMILES string of the molecule is O=[N+]([O-])c1ccc(F)cc1CNCC1CCS(=O)(=O)C1. The zero-order valence-corrected chi connectivity index (χ0v) is 11.5. The van der Waals surface area contributed by atoms with E-state index in [2.05, 4.69) is 5.32 Å². The molecule has 20 heavy (non-hydrogen) atoms. The monoisotopic (exact) mass is 302 g/mol. The van der Waals surface area contributed by atoms with Gasteiger partial charge in [0, 0.05) is 18.2 Å². The normalized spacial score (nSPS) is 20.9. The van der Waals surface area contributed by atoms with Crippen LogP contribution in [0.4, 0.5) is 10.1 Å². The lowest BCUT2D eigenvalue weighted by atomic mass is 10.1. The summed E-state index contributed by atoms with van der Waals surface area (Å²) in [6.07, 6.45) is 0.598. The van der Waals surface area contributed by atoms with Crippen LogP contribution < -0.4 is 5.32 Å². The van der Waals surface area contributed by atoms with Crippen LogP contribution in [0.2, 0.25) is 0 Å². The lowest BCUT2D eigenvalue weighted by molar-refractivity contribution is -0.385. The number of sulfone groups is 1. The van der Waals surface area contributed by atoms with Crippen molar-refractivity contribution in [1.82, 2.24) is 5.32 Å². The molecule has 0 amide bonds. The van der Waals surface area contributed by atoms with Crippen LogP contribution in [0.5, 0.6) is 0 Å². The van der Waals surface area contributed by atoms with Gasteiger partial charge in [0.1, 0.15) is 5.82 Å². The third kappa shape index (κ3) is 3.73. The van der Waals surface area contributed by atoms with Gasteiger partial charge in [-0.15, -0.1) is 0 Å². The molecule has 1 N–H and O–H groups in total. The van der Waals surface area contributed by atoms with E-state index in [1.54, 1.807) is 0 Å². The molecule has 8 heteroatoms. The van der Waals surface area contributed by atoms with E-state index in [0.29, 0.717) is 13.0 Å². The first-order valence-corrected chi connectivity index (χ1v) is 8.03. The largest absolute Gasteiger partial charge is 0.312 e. The number of nitrogens with zero attached hydrogens (tertiary/aromatic N) is 1. The lowest BCUT2D eigenvalue weighted by Gasteiger charge is -2.09. The van der Waals surface area contributed by atoms with Crippen LogP contribution in [0.15, 0.2) is 18.2 Å². The molecule has 1 aliphatic heterocycles. The van der Waals surface area contributed by atoms with E-state index >= 15 is 0 Å². The molecule has 1 aliphatic rings. The second-order valence-electron chi connectivity index (χ2n) is 4.93. The lowest BCUT2D eigenvalue weighted by Crippen LogP contribution is -2.23. The molecule has 0 aliphatic carbocycles. The Labute approximate surface area is 116 Å². The van der Waals surface area contributed by atoms with Crippen molar-refractivity contribution >= 4 is 15.5 Å². The molecule has 1 saturated heterocycles. The molecule has 6 nitrogen and oxygen atoms in total. The van der Waals surface area contributed by atoms with Gasteiger partial charge in [-0.2, -0.15) is 0 Å². The molecule has 1 aromatic carbocycles. The van der Waals surface area contributed by atoms with Gasteiger partial charge >= 0.3 is 0 Å². The Bertz CT molecular complexity index is 618. The maximum absolute atomic E-state index is 13.1. The summed E-state index contributed by atoms with van der Waals surface area (Å²) in [4.78, 5) is 10.3. The predicted octanol–water partition coefficient (Wildman–Crippen LogP) is 1.26. The topological polar surface area (TPSA) is 89.3 Å². The number of nitro groups is 1. The van der Waals surface area contributed by atoms with Gasteiger partial charge < -0.3 is 5.32 Å². The second kappa shape index (κ2) is 5.84. The highest BCUT2D eigenvalue weighted by molar-refractivity contribution is 7.91. The van der Waals surface area contributed by atoms with Crippen molar-refractivity contribution < 1.29 is 17.7 Å². The Balaban J connectivity index is 1.94. The minimum atomic E-state index is -2.93. The summed E-state index contributed by atoms with van der Waals surface area (Å²) >= 11 is 0. The Morgan fingerprint density at radius 3 is 2.80 bits per heavy atom. The molecule has 0 spiro atoms. The first-order chi connectivity index (χ1) is 9.37. The Kier molecular flexibility index (Phi) is 4.34. The fraction of sp³-hybridized carbons (Fsp3) is 0.500. The van der Waals surface area contributed by atoms with Gasteiger partial charge in [0.05, 0.1) is 16.4 Å². The van der Waals surface area contributed by atoms with Crippen molar-refractivity contribution in [2.45, 2.75) is 13.0 Å². The van der Waals surface area contributed by atoms with Gasteiger partial charge in [-0.05, 0) is 31.0 Å². The molecular formula is C12H15FN2O4S. The fourth-order valence-electron chi connectivity index (χ4n) is 2.32. The first-order valence-electron chi connectivity index (χ1n) is 6.21. The number of benzene rings is 1. The van der Waals surface area contributed by atoms with Crippen LogP contribution in [0.3, 0.4) is 0 Å². The third-order valence-electron chi connectivity index (χ3n) is 3.31. The summed E-state index contributed by atoms with van der Waals surface area (Å²) in [6, 6.07) is 3.30. The average Bonchev–Trinajstić information content (AvgIpc) is 2.68. The molecule has 0 radical (unpaired) electrons. The smallest absolute Gasteiger partial charge is 0.274 e. The highest BCUT2D eigenvalue weighted by atomic mass is 32.2. The van der Waals surface area contributed by atoms with Crippen molar-refractivity contribution in [1.29, 1.82) is 0 Å². The van der Waals surface area contributed by atoms with E-state index in [9.17, 15) is 22.9 Å². The third-order valence-corrected chi connectivity index (χ3v) is 5.15. The van der Waals surface area contributed by atoms with Gasteiger partial charge in [0.25, 0.3) is 5.69 Å². The van der Waals surface area contributed by atoms with E-state index < -0.39 is 20.6 Å². The number of halogens is 1. The quantitative estimate of drug-likeness (QED) is 0.653. The van der Waals surface area contributed by atoms with Crippen LogP contribution in [0.25, 0.3) is 0 Å². The summed E-state index contributed by atoms with van der Waals surface area (Å²) in [6.45, 7) is 0.595.